The van der Waals surface area contributed by atoms with Crippen molar-refractivity contribution in [2.75, 3.05) is 19.5 Å². The largest absolute Gasteiger partial charge is 0.460 e. The molecule has 7 heteroatoms. The van der Waals surface area contributed by atoms with Gasteiger partial charge in [0.1, 0.15) is 19.0 Å². The average molecular weight is 262 g/mol. The normalized spacial score (nSPS) is 11.2. The van der Waals surface area contributed by atoms with E-state index in [2.05, 4.69) is 8.92 Å². The number of carbonyl (C=O) groups excluding carboxylic acids is 1. The lowest BCUT2D eigenvalue weighted by molar-refractivity contribution is 0.0448. The second-order valence-electron chi connectivity index (χ2n) is 3.14. The lowest BCUT2D eigenvalue weighted by Crippen LogP contribution is -2.14. The highest BCUT2D eigenvalue weighted by atomic mass is 32.2. The number of hydrogen-bond donors (Lipinski definition) is 0. The Balaban J connectivity index is 2.44. The Labute approximate surface area is 98.3 Å². The zero-order valence-electron chi connectivity index (χ0n) is 9.05. The molecule has 1 aromatic carbocycles. The fraction of sp³-hybridized carbons (Fsp3) is 0.300. The van der Waals surface area contributed by atoms with E-state index >= 15 is 0 Å². The number of benzene rings is 1. The van der Waals surface area contributed by atoms with E-state index in [1.165, 1.54) is 18.2 Å². The first kappa shape index (κ1) is 13.6. The lowest BCUT2D eigenvalue weighted by atomic mass is 10.2. The van der Waals surface area contributed by atoms with E-state index in [-0.39, 0.29) is 18.8 Å². The number of carbonyl (C=O) groups is 1. The number of hydrogen-bond acceptors (Lipinski definition) is 5. The van der Waals surface area contributed by atoms with Gasteiger partial charge >= 0.3 is 5.97 Å². The Morgan fingerprint density at radius 1 is 1.29 bits per heavy atom. The maximum absolute atomic E-state index is 13.1. The van der Waals surface area contributed by atoms with Gasteiger partial charge in [0.15, 0.2) is 0 Å². The molecule has 1 aromatic rings. The summed E-state index contributed by atoms with van der Waals surface area (Å²) in [5.74, 6) is -1.55. The first-order valence-corrected chi connectivity index (χ1v) is 6.48. The SMILES string of the molecule is CS(=O)(=O)OCCOC(=O)c1ccccc1F. The fourth-order valence-corrected chi connectivity index (χ4v) is 1.40. The molecule has 1 rings (SSSR count). The topological polar surface area (TPSA) is 69.7 Å². The van der Waals surface area contributed by atoms with E-state index in [0.717, 1.165) is 12.3 Å². The van der Waals surface area contributed by atoms with Gasteiger partial charge in [-0.1, -0.05) is 12.1 Å². The zero-order valence-corrected chi connectivity index (χ0v) is 9.87. The first-order chi connectivity index (χ1) is 7.90. The molecule has 0 amide bonds. The molecule has 0 aromatic heterocycles. The predicted molar refractivity (Wildman–Crippen MR) is 57.5 cm³/mol. The van der Waals surface area contributed by atoms with Crippen molar-refractivity contribution in [1.29, 1.82) is 0 Å². The average Bonchev–Trinajstić information content (AvgIpc) is 2.23. The molecule has 0 N–H and O–H groups in total. The third-order valence-corrected chi connectivity index (χ3v) is 2.30. The van der Waals surface area contributed by atoms with E-state index in [1.54, 1.807) is 0 Å². The molecule has 0 aliphatic heterocycles. The predicted octanol–water partition coefficient (Wildman–Crippen LogP) is 0.959. The zero-order chi connectivity index (χ0) is 12.9. The summed E-state index contributed by atoms with van der Waals surface area (Å²) in [6.45, 7) is -0.556. The van der Waals surface area contributed by atoms with Gasteiger partial charge in [-0.3, -0.25) is 4.18 Å². The summed E-state index contributed by atoms with van der Waals surface area (Å²) >= 11 is 0. The Morgan fingerprint density at radius 3 is 2.53 bits per heavy atom. The van der Waals surface area contributed by atoms with Crippen LogP contribution in [0.15, 0.2) is 24.3 Å². The maximum atomic E-state index is 13.1. The van der Waals surface area contributed by atoms with Crippen molar-refractivity contribution in [1.82, 2.24) is 0 Å². The van der Waals surface area contributed by atoms with Crippen molar-refractivity contribution in [3.63, 3.8) is 0 Å². The molecule has 0 saturated heterocycles. The first-order valence-electron chi connectivity index (χ1n) is 4.66. The number of esters is 1. The van der Waals surface area contributed by atoms with Crippen LogP contribution >= 0.6 is 0 Å². The Kier molecular flexibility index (Phi) is 4.59. The molecule has 0 bridgehead atoms. The van der Waals surface area contributed by atoms with Crippen LogP contribution in [-0.2, 0) is 19.0 Å². The molecule has 0 aliphatic rings. The standard InChI is InChI=1S/C10H11FO5S/c1-17(13,14)16-7-6-15-10(12)8-4-2-3-5-9(8)11/h2-5H,6-7H2,1H3. The van der Waals surface area contributed by atoms with Crippen LogP contribution in [0.1, 0.15) is 10.4 Å². The summed E-state index contributed by atoms with van der Waals surface area (Å²) in [4.78, 5) is 11.3. The van der Waals surface area contributed by atoms with Gasteiger partial charge < -0.3 is 4.74 Å². The number of rotatable bonds is 5. The van der Waals surface area contributed by atoms with Gasteiger partial charge in [0.25, 0.3) is 10.1 Å². The maximum Gasteiger partial charge on any atom is 0.341 e. The summed E-state index contributed by atoms with van der Waals surface area (Å²) in [5.41, 5.74) is -0.202. The van der Waals surface area contributed by atoms with E-state index in [4.69, 9.17) is 0 Å². The van der Waals surface area contributed by atoms with Gasteiger partial charge in [-0.2, -0.15) is 8.42 Å². The van der Waals surface area contributed by atoms with Crippen molar-refractivity contribution >= 4 is 16.1 Å². The second-order valence-corrected chi connectivity index (χ2v) is 4.79. The highest BCUT2D eigenvalue weighted by Crippen LogP contribution is 2.07. The van der Waals surface area contributed by atoms with Gasteiger partial charge in [0.2, 0.25) is 0 Å². The second kappa shape index (κ2) is 5.74. The van der Waals surface area contributed by atoms with Crippen molar-refractivity contribution in [2.45, 2.75) is 0 Å². The lowest BCUT2D eigenvalue weighted by Gasteiger charge is -2.05. The van der Waals surface area contributed by atoms with Crippen LogP contribution in [0, 0.1) is 5.82 Å². The van der Waals surface area contributed by atoms with Crippen LogP contribution in [0.25, 0.3) is 0 Å². The van der Waals surface area contributed by atoms with E-state index in [0.29, 0.717) is 0 Å². The molecule has 0 unspecified atom stereocenters. The molecule has 0 radical (unpaired) electrons. The van der Waals surface area contributed by atoms with Gasteiger partial charge in [0.05, 0.1) is 11.8 Å². The molecule has 0 heterocycles. The minimum atomic E-state index is -3.56. The molecule has 0 saturated carbocycles. The highest BCUT2D eigenvalue weighted by molar-refractivity contribution is 7.85. The molecule has 5 nitrogen and oxygen atoms in total. The number of halogens is 1. The van der Waals surface area contributed by atoms with E-state index < -0.39 is 21.9 Å². The number of ether oxygens (including phenoxy) is 1. The van der Waals surface area contributed by atoms with Gasteiger partial charge in [-0.15, -0.1) is 0 Å². The Hall–Kier alpha value is -1.47. The highest BCUT2D eigenvalue weighted by Gasteiger charge is 2.12. The third-order valence-electron chi connectivity index (χ3n) is 1.71. The van der Waals surface area contributed by atoms with Crippen LogP contribution in [0.4, 0.5) is 4.39 Å². The van der Waals surface area contributed by atoms with E-state index in [9.17, 15) is 17.6 Å². The van der Waals surface area contributed by atoms with Crippen LogP contribution < -0.4 is 0 Å². The summed E-state index contributed by atoms with van der Waals surface area (Å²) in [5, 5.41) is 0. The minimum absolute atomic E-state index is 0.202. The molecule has 17 heavy (non-hydrogen) atoms. The van der Waals surface area contributed by atoms with Gasteiger partial charge in [-0.25, -0.2) is 9.18 Å². The van der Waals surface area contributed by atoms with Crippen LogP contribution in [0.5, 0.6) is 0 Å². The van der Waals surface area contributed by atoms with Crippen molar-refractivity contribution in [3.05, 3.63) is 35.6 Å². The van der Waals surface area contributed by atoms with Crippen LogP contribution in [-0.4, -0.2) is 33.9 Å². The van der Waals surface area contributed by atoms with Crippen molar-refractivity contribution in [3.8, 4) is 0 Å². The molecule has 0 spiro atoms. The Morgan fingerprint density at radius 2 is 1.94 bits per heavy atom. The molecule has 0 aliphatic carbocycles. The van der Waals surface area contributed by atoms with Crippen LogP contribution in [0.3, 0.4) is 0 Å². The summed E-state index contributed by atoms with van der Waals surface area (Å²) in [6, 6.07) is 5.34. The molecule has 0 fully saturated rings. The third kappa shape index (κ3) is 4.92. The molecular formula is C10H11FO5S. The van der Waals surface area contributed by atoms with Gasteiger partial charge in [-0.05, 0) is 12.1 Å². The summed E-state index contributed by atoms with van der Waals surface area (Å²) in [7, 11) is -3.56. The smallest absolute Gasteiger partial charge is 0.341 e. The van der Waals surface area contributed by atoms with E-state index in [1.807, 2.05) is 0 Å². The molecule has 94 valence electrons. The minimum Gasteiger partial charge on any atom is -0.460 e. The quantitative estimate of drug-likeness (QED) is 0.449. The fourth-order valence-electron chi connectivity index (χ4n) is 1.02. The molecule has 0 atom stereocenters. The molecular weight excluding hydrogens is 251 g/mol. The van der Waals surface area contributed by atoms with Gasteiger partial charge in [0, 0.05) is 0 Å². The van der Waals surface area contributed by atoms with Crippen molar-refractivity contribution in [2.24, 2.45) is 0 Å². The van der Waals surface area contributed by atoms with Crippen LogP contribution in [0.2, 0.25) is 0 Å². The monoisotopic (exact) mass is 262 g/mol. The van der Waals surface area contributed by atoms with Crippen molar-refractivity contribution < 1.29 is 26.5 Å². The Bertz CT molecular complexity index is 497. The summed E-state index contributed by atoms with van der Waals surface area (Å²) in [6.07, 6.45) is 0.881. The summed E-state index contributed by atoms with van der Waals surface area (Å²) < 4.78 is 43.2.